The summed E-state index contributed by atoms with van der Waals surface area (Å²) in [4.78, 5) is 47.9. The summed E-state index contributed by atoms with van der Waals surface area (Å²) in [5.41, 5.74) is 0. The van der Waals surface area contributed by atoms with E-state index in [2.05, 4.69) is 10.2 Å². The lowest BCUT2D eigenvalue weighted by molar-refractivity contribution is -0.155. The number of methoxy groups -OCH3 is 1. The molecule has 10 nitrogen and oxygen atoms in total. The molecule has 0 spiro atoms. The highest BCUT2D eigenvalue weighted by Crippen LogP contribution is 2.49. The number of benzene rings is 1. The highest BCUT2D eigenvalue weighted by atomic mass is 31.2. The third-order valence-corrected chi connectivity index (χ3v) is 8.33. The minimum atomic E-state index is -4.10. The second-order valence-corrected chi connectivity index (χ2v) is 10.9. The Morgan fingerprint density at radius 1 is 1.11 bits per heavy atom. The van der Waals surface area contributed by atoms with Crippen LogP contribution in [-0.2, 0) is 28.2 Å². The van der Waals surface area contributed by atoms with E-state index in [0.29, 0.717) is 19.3 Å². The molecule has 5 atom stereocenters. The Bertz CT molecular complexity index is 927. The van der Waals surface area contributed by atoms with Crippen LogP contribution in [0.4, 0.5) is 0 Å². The van der Waals surface area contributed by atoms with E-state index < -0.39 is 31.6 Å². The van der Waals surface area contributed by atoms with Crippen molar-refractivity contribution in [1.82, 2.24) is 10.2 Å². The third-order valence-electron chi connectivity index (χ3n) is 6.83. The van der Waals surface area contributed by atoms with Gasteiger partial charge in [0, 0.05) is 25.0 Å². The number of hydrogen-bond acceptors (Lipinski definition) is 7. The van der Waals surface area contributed by atoms with E-state index in [1.165, 1.54) is 7.11 Å². The quantitative estimate of drug-likeness (QED) is 0.206. The molecular formula is C24H35N2O8P. The number of carboxylic acids is 1. The second-order valence-electron chi connectivity index (χ2n) is 9.13. The van der Waals surface area contributed by atoms with Gasteiger partial charge in [0.2, 0.25) is 5.91 Å². The Kier molecular flexibility index (Phi) is 9.86. The zero-order chi connectivity index (χ0) is 25.4. The number of piperidine rings is 1. The van der Waals surface area contributed by atoms with Gasteiger partial charge in [-0.1, -0.05) is 24.6 Å². The van der Waals surface area contributed by atoms with Crippen molar-refractivity contribution in [3.63, 3.8) is 0 Å². The van der Waals surface area contributed by atoms with Crippen LogP contribution in [0, 0.1) is 5.92 Å². The van der Waals surface area contributed by atoms with Gasteiger partial charge in [-0.15, -0.1) is 0 Å². The summed E-state index contributed by atoms with van der Waals surface area (Å²) in [6.45, 7) is 0.889. The lowest BCUT2D eigenvalue weighted by Gasteiger charge is -2.43. The molecule has 1 amide bonds. The van der Waals surface area contributed by atoms with Gasteiger partial charge in [0.05, 0.1) is 30.9 Å². The van der Waals surface area contributed by atoms with E-state index in [1.54, 1.807) is 30.3 Å². The van der Waals surface area contributed by atoms with E-state index in [0.717, 1.165) is 32.2 Å². The monoisotopic (exact) mass is 510 g/mol. The highest BCUT2D eigenvalue weighted by Gasteiger charge is 2.52. The topological polar surface area (TPSA) is 142 Å². The first kappa shape index (κ1) is 27.3. The Labute approximate surface area is 205 Å². The molecule has 0 saturated carbocycles. The summed E-state index contributed by atoms with van der Waals surface area (Å²) in [7, 11) is -2.77. The van der Waals surface area contributed by atoms with Crippen molar-refractivity contribution >= 4 is 30.7 Å². The normalized spacial score (nSPS) is 25.5. The molecule has 0 aromatic heterocycles. The third kappa shape index (κ3) is 7.36. The van der Waals surface area contributed by atoms with Crippen LogP contribution in [0.15, 0.2) is 30.3 Å². The first-order valence-corrected chi connectivity index (χ1v) is 13.7. The molecule has 3 N–H and O–H groups in total. The van der Waals surface area contributed by atoms with Gasteiger partial charge in [-0.25, -0.2) is 0 Å². The van der Waals surface area contributed by atoms with Crippen LogP contribution in [0.5, 0.6) is 0 Å². The zero-order valence-electron chi connectivity index (χ0n) is 20.0. The molecule has 2 fully saturated rings. The summed E-state index contributed by atoms with van der Waals surface area (Å²) in [6, 6.07) is 8.22. The number of rotatable bonds is 13. The van der Waals surface area contributed by atoms with E-state index >= 15 is 0 Å². The molecular weight excluding hydrogens is 475 g/mol. The molecule has 1 aromatic carbocycles. The van der Waals surface area contributed by atoms with Gasteiger partial charge < -0.3 is 24.6 Å². The Morgan fingerprint density at radius 3 is 2.54 bits per heavy atom. The highest BCUT2D eigenvalue weighted by molar-refractivity contribution is 7.61. The number of hydrogen-bond donors (Lipinski definition) is 3. The molecule has 2 heterocycles. The molecule has 194 valence electrons. The van der Waals surface area contributed by atoms with Gasteiger partial charge in [0.15, 0.2) is 0 Å². The van der Waals surface area contributed by atoms with Crippen LogP contribution in [0.2, 0.25) is 0 Å². The first-order valence-electron chi connectivity index (χ1n) is 12.1. The second kappa shape index (κ2) is 12.6. The minimum absolute atomic E-state index is 0.0906. The van der Waals surface area contributed by atoms with Gasteiger partial charge in [-0.2, -0.15) is 0 Å². The lowest BCUT2D eigenvalue weighted by Crippen LogP contribution is -2.54. The fourth-order valence-electron chi connectivity index (χ4n) is 5.18. The SMILES string of the molecule is COC(=O)[C@H]1[C@@H](OP(=O)(O)c2ccccc2)C[C@@H]2CC[C@H]1N2CCCCCC(=O)NCCC(=O)O. The first-order chi connectivity index (χ1) is 16.7. The van der Waals surface area contributed by atoms with E-state index in [4.69, 9.17) is 14.4 Å². The average Bonchev–Trinajstić information content (AvgIpc) is 3.10. The summed E-state index contributed by atoms with van der Waals surface area (Å²) in [5.74, 6) is -2.18. The summed E-state index contributed by atoms with van der Waals surface area (Å²) < 4.78 is 23.8. The minimum Gasteiger partial charge on any atom is -0.481 e. The van der Waals surface area contributed by atoms with Crippen molar-refractivity contribution in [2.75, 3.05) is 20.2 Å². The number of amides is 1. The van der Waals surface area contributed by atoms with Crippen LogP contribution in [-0.4, -0.2) is 71.1 Å². The number of esters is 1. The maximum atomic E-state index is 13.0. The number of ether oxygens (including phenoxy) is 1. The zero-order valence-corrected chi connectivity index (χ0v) is 20.9. The van der Waals surface area contributed by atoms with Crippen molar-refractivity contribution in [2.45, 2.75) is 69.6 Å². The molecule has 2 aliphatic rings. The van der Waals surface area contributed by atoms with E-state index in [9.17, 15) is 23.8 Å². The van der Waals surface area contributed by atoms with Crippen LogP contribution >= 0.6 is 7.60 Å². The van der Waals surface area contributed by atoms with Crippen LogP contribution in [0.1, 0.15) is 51.4 Å². The molecule has 0 aliphatic carbocycles. The maximum Gasteiger partial charge on any atom is 0.359 e. The molecule has 1 aromatic rings. The molecule has 2 saturated heterocycles. The van der Waals surface area contributed by atoms with Gasteiger partial charge in [-0.3, -0.25) is 23.8 Å². The predicted molar refractivity (Wildman–Crippen MR) is 128 cm³/mol. The Hall–Kier alpha value is -2.26. The number of aliphatic carboxylic acids is 1. The van der Waals surface area contributed by atoms with Crippen molar-refractivity contribution in [1.29, 1.82) is 0 Å². The number of carbonyl (C=O) groups excluding carboxylic acids is 2. The molecule has 11 heteroatoms. The number of nitrogens with one attached hydrogen (secondary N) is 1. The average molecular weight is 511 g/mol. The summed E-state index contributed by atoms with van der Waals surface area (Å²) in [5, 5.41) is 11.4. The number of fused-ring (bicyclic) bond motifs is 2. The van der Waals surface area contributed by atoms with Crippen LogP contribution in [0.25, 0.3) is 0 Å². The van der Waals surface area contributed by atoms with Crippen LogP contribution in [0.3, 0.4) is 0 Å². The van der Waals surface area contributed by atoms with Crippen molar-refractivity contribution in [2.24, 2.45) is 5.92 Å². The number of nitrogens with zero attached hydrogens (tertiary/aromatic N) is 1. The smallest absolute Gasteiger partial charge is 0.359 e. The molecule has 2 bridgehead atoms. The van der Waals surface area contributed by atoms with Gasteiger partial charge >= 0.3 is 19.5 Å². The Balaban J connectivity index is 1.53. The number of unbranched alkanes of at least 4 members (excludes halogenated alkanes) is 2. The molecule has 35 heavy (non-hydrogen) atoms. The van der Waals surface area contributed by atoms with Crippen molar-refractivity contribution in [3.05, 3.63) is 30.3 Å². The standard InChI is InChI=1S/C24H35N2O8P/c1-33-24(30)23-19-12-11-17(16-20(23)34-35(31,32)18-8-4-2-5-9-18)26(19)15-7-3-6-10-21(27)25-14-13-22(28)29/h2,4-5,8-9,17,19-20,23H,3,6-7,10-16H2,1H3,(H,25,27)(H,28,29)(H,31,32)/t17-,19+,20-,23+/m0/s1. The fraction of sp³-hybridized carbons (Fsp3) is 0.625. The maximum absolute atomic E-state index is 13.0. The van der Waals surface area contributed by atoms with Crippen LogP contribution < -0.4 is 10.6 Å². The number of carbonyl (C=O) groups is 3. The van der Waals surface area contributed by atoms with Gasteiger partial charge in [0.1, 0.15) is 0 Å². The molecule has 3 rings (SSSR count). The predicted octanol–water partition coefficient (Wildman–Crippen LogP) is 2.06. The fourth-order valence-corrected chi connectivity index (χ4v) is 6.44. The van der Waals surface area contributed by atoms with Gasteiger partial charge in [0.25, 0.3) is 0 Å². The molecule has 1 unspecified atom stereocenters. The summed E-state index contributed by atoms with van der Waals surface area (Å²) in [6.07, 6.45) is 4.05. The lowest BCUT2D eigenvalue weighted by atomic mass is 9.87. The largest absolute Gasteiger partial charge is 0.481 e. The number of carboxylic acid groups (broad SMARTS) is 1. The van der Waals surface area contributed by atoms with Crippen molar-refractivity contribution < 1.29 is 38.2 Å². The molecule has 0 radical (unpaired) electrons. The van der Waals surface area contributed by atoms with Crippen molar-refractivity contribution in [3.8, 4) is 0 Å². The van der Waals surface area contributed by atoms with E-state index in [1.807, 2.05) is 0 Å². The van der Waals surface area contributed by atoms with E-state index in [-0.39, 0.29) is 36.3 Å². The summed E-state index contributed by atoms with van der Waals surface area (Å²) >= 11 is 0. The van der Waals surface area contributed by atoms with Gasteiger partial charge in [-0.05, 0) is 50.8 Å². The molecule has 2 aliphatic heterocycles. The Morgan fingerprint density at radius 2 is 1.86 bits per heavy atom.